The minimum Gasteiger partial charge on any atom is -0.481 e. The first-order valence-corrected chi connectivity index (χ1v) is 10.1. The van der Waals surface area contributed by atoms with Crippen LogP contribution in [-0.4, -0.2) is 17.0 Å². The molecule has 24 heavy (non-hydrogen) atoms. The van der Waals surface area contributed by atoms with Crippen molar-refractivity contribution in [3.8, 4) is 0 Å². The lowest BCUT2D eigenvalue weighted by molar-refractivity contribution is -0.146. The second kappa shape index (κ2) is 16.8. The second-order valence-corrected chi connectivity index (χ2v) is 7.03. The normalized spacial score (nSPS) is 12.2. The average Bonchev–Trinajstić information content (AvgIpc) is 2.53. The summed E-state index contributed by atoms with van der Waals surface area (Å²) in [5.41, 5.74) is 5.08. The Morgan fingerprint density at radius 3 is 1.33 bits per heavy atom. The molecule has 4 heteroatoms. The molecule has 0 bridgehead atoms. The van der Waals surface area contributed by atoms with Crippen LogP contribution in [0.2, 0.25) is 0 Å². The lowest BCUT2D eigenvalue weighted by Crippen LogP contribution is -2.30. The van der Waals surface area contributed by atoms with E-state index in [0.29, 0.717) is 6.42 Å². The van der Waals surface area contributed by atoms with Crippen LogP contribution in [0.3, 0.4) is 0 Å². The highest BCUT2D eigenvalue weighted by atomic mass is 16.4. The summed E-state index contributed by atoms with van der Waals surface area (Å²) in [5.74, 6) is -2.81. The van der Waals surface area contributed by atoms with Crippen LogP contribution in [0.5, 0.6) is 0 Å². The van der Waals surface area contributed by atoms with E-state index in [0.717, 1.165) is 19.3 Å². The molecule has 0 fully saturated rings. The highest BCUT2D eigenvalue weighted by molar-refractivity contribution is 5.95. The van der Waals surface area contributed by atoms with Gasteiger partial charge >= 0.3 is 5.97 Å². The van der Waals surface area contributed by atoms with Gasteiger partial charge in [-0.25, -0.2) is 0 Å². The Morgan fingerprint density at radius 1 is 0.708 bits per heavy atom. The summed E-state index contributed by atoms with van der Waals surface area (Å²) in [4.78, 5) is 21.8. The van der Waals surface area contributed by atoms with Gasteiger partial charge in [0.05, 0.1) is 0 Å². The van der Waals surface area contributed by atoms with Gasteiger partial charge in [-0.1, -0.05) is 103 Å². The molecule has 0 radical (unpaired) electrons. The third kappa shape index (κ3) is 14.5. The number of hydrogen-bond donors (Lipinski definition) is 2. The maximum Gasteiger partial charge on any atom is 0.316 e. The van der Waals surface area contributed by atoms with Crippen molar-refractivity contribution in [1.82, 2.24) is 0 Å². The Kier molecular flexibility index (Phi) is 16.0. The first kappa shape index (κ1) is 22.9. The van der Waals surface area contributed by atoms with Crippen LogP contribution in [0.4, 0.5) is 0 Å². The van der Waals surface area contributed by atoms with Gasteiger partial charge in [-0.3, -0.25) is 9.59 Å². The number of primary amides is 1. The number of hydrogen-bond acceptors (Lipinski definition) is 2. The van der Waals surface area contributed by atoms with Gasteiger partial charge in [-0.15, -0.1) is 0 Å². The summed E-state index contributed by atoms with van der Waals surface area (Å²) in [6, 6.07) is 0. The van der Waals surface area contributed by atoms with E-state index in [1.165, 1.54) is 77.0 Å². The van der Waals surface area contributed by atoms with E-state index in [4.69, 9.17) is 10.8 Å². The summed E-state index contributed by atoms with van der Waals surface area (Å²) in [6.45, 7) is 2.26. The monoisotopic (exact) mass is 341 g/mol. The first-order valence-electron chi connectivity index (χ1n) is 10.1. The third-order valence-electron chi connectivity index (χ3n) is 4.74. The van der Waals surface area contributed by atoms with E-state index >= 15 is 0 Å². The van der Waals surface area contributed by atoms with Crippen LogP contribution < -0.4 is 5.73 Å². The number of carbonyl (C=O) groups is 2. The van der Waals surface area contributed by atoms with Gasteiger partial charge in [0, 0.05) is 0 Å². The Morgan fingerprint density at radius 2 is 1.04 bits per heavy atom. The fourth-order valence-electron chi connectivity index (χ4n) is 3.11. The largest absolute Gasteiger partial charge is 0.481 e. The number of carboxylic acids is 1. The first-order chi connectivity index (χ1) is 11.6. The number of aliphatic carboxylic acids is 1. The molecule has 0 aliphatic rings. The van der Waals surface area contributed by atoms with Gasteiger partial charge in [0.25, 0.3) is 0 Å². The zero-order chi connectivity index (χ0) is 18.0. The van der Waals surface area contributed by atoms with Crippen molar-refractivity contribution in [3.63, 3.8) is 0 Å². The minimum atomic E-state index is -1.09. The van der Waals surface area contributed by atoms with Gasteiger partial charge in [0.1, 0.15) is 5.92 Å². The lowest BCUT2D eigenvalue weighted by Gasteiger charge is -2.07. The van der Waals surface area contributed by atoms with E-state index in [2.05, 4.69) is 6.92 Å². The topological polar surface area (TPSA) is 80.4 Å². The van der Waals surface area contributed by atoms with Crippen molar-refractivity contribution < 1.29 is 14.7 Å². The standard InChI is InChI=1S/C20H39NO3/c1-2-3-4-5-6-7-8-9-10-11-12-13-14-15-16-17-18(19(21)22)20(23)24/h18H,2-17H2,1H3,(H2,21,22)(H,23,24). The lowest BCUT2D eigenvalue weighted by atomic mass is 9.99. The third-order valence-corrected chi connectivity index (χ3v) is 4.74. The van der Waals surface area contributed by atoms with Crippen LogP contribution in [0.1, 0.15) is 110 Å². The smallest absolute Gasteiger partial charge is 0.316 e. The summed E-state index contributed by atoms with van der Waals surface area (Å²) < 4.78 is 0. The van der Waals surface area contributed by atoms with Gasteiger partial charge in [0.15, 0.2) is 0 Å². The summed E-state index contributed by atoms with van der Waals surface area (Å²) in [7, 11) is 0. The molecule has 0 aromatic rings. The molecule has 0 rings (SSSR count). The summed E-state index contributed by atoms with van der Waals surface area (Å²) in [5, 5.41) is 8.86. The second-order valence-electron chi connectivity index (χ2n) is 7.03. The molecule has 142 valence electrons. The maximum absolute atomic E-state index is 11.0. The highest BCUT2D eigenvalue weighted by Gasteiger charge is 2.22. The predicted octanol–water partition coefficient (Wildman–Crippen LogP) is 5.43. The SMILES string of the molecule is CCCCCCCCCCCCCCCCCC(C(N)=O)C(=O)O. The van der Waals surface area contributed by atoms with Crippen LogP contribution in [-0.2, 0) is 9.59 Å². The van der Waals surface area contributed by atoms with Crippen LogP contribution in [0, 0.1) is 5.92 Å². The van der Waals surface area contributed by atoms with E-state index in [-0.39, 0.29) is 0 Å². The highest BCUT2D eigenvalue weighted by Crippen LogP contribution is 2.15. The maximum atomic E-state index is 11.0. The molecule has 0 aromatic carbocycles. The number of carboxylic acid groups (broad SMARTS) is 1. The van der Waals surface area contributed by atoms with E-state index in [9.17, 15) is 9.59 Å². The van der Waals surface area contributed by atoms with Crippen LogP contribution in [0.15, 0.2) is 0 Å². The fraction of sp³-hybridized carbons (Fsp3) is 0.900. The van der Waals surface area contributed by atoms with Gasteiger partial charge in [-0.2, -0.15) is 0 Å². The van der Waals surface area contributed by atoms with Crippen molar-refractivity contribution in [2.75, 3.05) is 0 Å². The molecule has 0 heterocycles. The molecule has 0 aliphatic heterocycles. The van der Waals surface area contributed by atoms with E-state index < -0.39 is 17.8 Å². The number of amides is 1. The molecule has 1 atom stereocenters. The molecule has 0 aliphatic carbocycles. The fourth-order valence-corrected chi connectivity index (χ4v) is 3.11. The van der Waals surface area contributed by atoms with Gasteiger partial charge < -0.3 is 10.8 Å². The minimum absolute atomic E-state index is 0.378. The quantitative estimate of drug-likeness (QED) is 0.257. The molecule has 0 spiro atoms. The molecule has 1 unspecified atom stereocenters. The number of carbonyl (C=O) groups excluding carboxylic acids is 1. The van der Waals surface area contributed by atoms with Crippen LogP contribution >= 0.6 is 0 Å². The molecular formula is C20H39NO3. The van der Waals surface area contributed by atoms with E-state index in [1.54, 1.807) is 0 Å². The van der Waals surface area contributed by atoms with Crippen molar-refractivity contribution in [2.24, 2.45) is 11.7 Å². The Hall–Kier alpha value is -1.06. The average molecular weight is 342 g/mol. The van der Waals surface area contributed by atoms with Crippen molar-refractivity contribution in [3.05, 3.63) is 0 Å². The molecule has 3 N–H and O–H groups in total. The summed E-state index contributed by atoms with van der Waals surface area (Å²) >= 11 is 0. The Balaban J connectivity index is 3.23. The molecule has 4 nitrogen and oxygen atoms in total. The van der Waals surface area contributed by atoms with Crippen molar-refractivity contribution in [2.45, 2.75) is 110 Å². The van der Waals surface area contributed by atoms with Crippen LogP contribution in [0.25, 0.3) is 0 Å². The Bertz CT molecular complexity index is 304. The van der Waals surface area contributed by atoms with Gasteiger partial charge in [0.2, 0.25) is 5.91 Å². The number of nitrogens with two attached hydrogens (primary N) is 1. The van der Waals surface area contributed by atoms with E-state index in [1.807, 2.05) is 0 Å². The number of rotatable bonds is 18. The van der Waals surface area contributed by atoms with Gasteiger partial charge in [-0.05, 0) is 6.42 Å². The molecule has 0 saturated carbocycles. The van der Waals surface area contributed by atoms with Crippen molar-refractivity contribution >= 4 is 11.9 Å². The zero-order valence-corrected chi connectivity index (χ0v) is 15.7. The molecular weight excluding hydrogens is 302 g/mol. The molecule has 1 amide bonds. The predicted molar refractivity (Wildman–Crippen MR) is 99.9 cm³/mol. The summed E-state index contributed by atoms with van der Waals surface area (Å²) in [6.07, 6.45) is 19.5. The number of unbranched alkanes of at least 4 members (excludes halogenated alkanes) is 14. The molecule has 0 aromatic heterocycles. The Labute approximate surface area is 148 Å². The van der Waals surface area contributed by atoms with Crippen molar-refractivity contribution in [1.29, 1.82) is 0 Å². The zero-order valence-electron chi connectivity index (χ0n) is 15.7. The molecule has 0 saturated heterocycles.